The standard InChI is InChI=1S/C21H19ClN2O3/c1-14-5-7-15(8-6-14)13-24-11-3-4-18(24)20(25)21(26)23-16-9-10-19(27-2)17(22)12-16/h3-12H,13H2,1-2H3,(H,23,26). The molecule has 3 aromatic rings. The molecule has 1 heterocycles. The van der Waals surface area contributed by atoms with E-state index in [1.807, 2.05) is 31.2 Å². The molecule has 0 unspecified atom stereocenters. The summed E-state index contributed by atoms with van der Waals surface area (Å²) in [6.45, 7) is 2.53. The zero-order chi connectivity index (χ0) is 19.4. The van der Waals surface area contributed by atoms with Gasteiger partial charge in [0.2, 0.25) is 0 Å². The van der Waals surface area contributed by atoms with Gasteiger partial charge in [0.15, 0.2) is 0 Å². The summed E-state index contributed by atoms with van der Waals surface area (Å²) < 4.78 is 6.83. The number of halogens is 1. The fourth-order valence-electron chi connectivity index (χ4n) is 2.70. The maximum absolute atomic E-state index is 12.6. The van der Waals surface area contributed by atoms with E-state index in [2.05, 4.69) is 5.32 Å². The molecule has 2 aromatic carbocycles. The van der Waals surface area contributed by atoms with Gasteiger partial charge in [0.05, 0.1) is 17.8 Å². The molecule has 0 saturated carbocycles. The van der Waals surface area contributed by atoms with Crippen LogP contribution >= 0.6 is 11.6 Å². The highest BCUT2D eigenvalue weighted by Crippen LogP contribution is 2.27. The van der Waals surface area contributed by atoms with Gasteiger partial charge in [0.1, 0.15) is 5.75 Å². The number of carbonyl (C=O) groups is 2. The lowest BCUT2D eigenvalue weighted by Crippen LogP contribution is -2.25. The van der Waals surface area contributed by atoms with Crippen molar-refractivity contribution in [1.82, 2.24) is 4.57 Å². The molecule has 5 nitrogen and oxygen atoms in total. The Kier molecular flexibility index (Phi) is 5.62. The number of hydrogen-bond donors (Lipinski definition) is 1. The molecule has 0 radical (unpaired) electrons. The smallest absolute Gasteiger partial charge is 0.298 e. The summed E-state index contributed by atoms with van der Waals surface area (Å²) in [6, 6.07) is 16.2. The van der Waals surface area contributed by atoms with Crippen molar-refractivity contribution in [1.29, 1.82) is 0 Å². The largest absolute Gasteiger partial charge is 0.495 e. The number of anilines is 1. The minimum absolute atomic E-state index is 0.327. The number of rotatable bonds is 6. The maximum Gasteiger partial charge on any atom is 0.298 e. The van der Waals surface area contributed by atoms with Crippen LogP contribution in [-0.2, 0) is 11.3 Å². The molecule has 138 valence electrons. The maximum atomic E-state index is 12.6. The number of ketones is 1. The average Bonchev–Trinajstić information content (AvgIpc) is 3.11. The van der Waals surface area contributed by atoms with Gasteiger partial charge >= 0.3 is 0 Å². The van der Waals surface area contributed by atoms with Crippen LogP contribution in [0.25, 0.3) is 0 Å². The molecule has 1 amide bonds. The number of aryl methyl sites for hydroxylation is 1. The van der Waals surface area contributed by atoms with E-state index in [0.717, 1.165) is 5.56 Å². The summed E-state index contributed by atoms with van der Waals surface area (Å²) in [6.07, 6.45) is 1.78. The van der Waals surface area contributed by atoms with Crippen LogP contribution in [0.1, 0.15) is 21.6 Å². The number of ether oxygens (including phenoxy) is 1. The number of nitrogens with zero attached hydrogens (tertiary/aromatic N) is 1. The number of carbonyl (C=O) groups excluding carboxylic acids is 2. The Balaban J connectivity index is 1.74. The first-order valence-electron chi connectivity index (χ1n) is 8.38. The van der Waals surface area contributed by atoms with Crippen molar-refractivity contribution in [2.75, 3.05) is 12.4 Å². The van der Waals surface area contributed by atoms with Crippen molar-refractivity contribution in [3.05, 3.63) is 82.6 Å². The third-order valence-electron chi connectivity index (χ3n) is 4.15. The molecule has 6 heteroatoms. The number of aromatic nitrogens is 1. The lowest BCUT2D eigenvalue weighted by molar-refractivity contribution is -0.112. The van der Waals surface area contributed by atoms with E-state index in [1.54, 1.807) is 35.0 Å². The monoisotopic (exact) mass is 382 g/mol. The molecule has 0 saturated heterocycles. The molecule has 0 atom stereocenters. The Bertz CT molecular complexity index is 977. The fourth-order valence-corrected chi connectivity index (χ4v) is 2.95. The molecule has 27 heavy (non-hydrogen) atoms. The van der Waals surface area contributed by atoms with E-state index in [1.165, 1.54) is 18.7 Å². The van der Waals surface area contributed by atoms with E-state index < -0.39 is 11.7 Å². The highest BCUT2D eigenvalue weighted by Gasteiger charge is 2.20. The second-order valence-electron chi connectivity index (χ2n) is 6.14. The normalized spacial score (nSPS) is 10.5. The predicted octanol–water partition coefficient (Wildman–Crippen LogP) is 4.33. The Morgan fingerprint density at radius 1 is 1.11 bits per heavy atom. The van der Waals surface area contributed by atoms with Crippen LogP contribution < -0.4 is 10.1 Å². The average molecular weight is 383 g/mol. The Hall–Kier alpha value is -3.05. The molecule has 3 rings (SSSR count). The number of benzene rings is 2. The van der Waals surface area contributed by atoms with Crippen LogP contribution in [-0.4, -0.2) is 23.4 Å². The summed E-state index contributed by atoms with van der Waals surface area (Å²) in [7, 11) is 1.51. The molecular weight excluding hydrogens is 364 g/mol. The summed E-state index contributed by atoms with van der Waals surface area (Å²) in [5.41, 5.74) is 2.97. The Morgan fingerprint density at radius 3 is 2.52 bits per heavy atom. The van der Waals surface area contributed by atoms with Gasteiger partial charge in [0, 0.05) is 18.4 Å². The first kappa shape index (κ1) is 18.7. The first-order chi connectivity index (χ1) is 13.0. The van der Waals surface area contributed by atoms with E-state index in [0.29, 0.717) is 28.7 Å². The minimum atomic E-state index is -0.722. The Labute approximate surface area is 162 Å². The van der Waals surface area contributed by atoms with Crippen LogP contribution in [0.2, 0.25) is 5.02 Å². The number of Topliss-reactive ketones (excluding diaryl/α,β-unsaturated/α-hetero) is 1. The van der Waals surface area contributed by atoms with Gasteiger partial charge in [0.25, 0.3) is 11.7 Å². The number of hydrogen-bond acceptors (Lipinski definition) is 3. The van der Waals surface area contributed by atoms with E-state index >= 15 is 0 Å². The van der Waals surface area contributed by atoms with Crippen LogP contribution in [0.5, 0.6) is 5.75 Å². The number of amides is 1. The first-order valence-corrected chi connectivity index (χ1v) is 8.75. The van der Waals surface area contributed by atoms with Crippen molar-refractivity contribution >= 4 is 29.0 Å². The van der Waals surface area contributed by atoms with Crippen LogP contribution in [0.15, 0.2) is 60.8 Å². The van der Waals surface area contributed by atoms with Gasteiger partial charge < -0.3 is 14.6 Å². The topological polar surface area (TPSA) is 60.3 Å². The molecule has 1 N–H and O–H groups in total. The second kappa shape index (κ2) is 8.10. The summed E-state index contributed by atoms with van der Waals surface area (Å²) in [4.78, 5) is 25.0. The van der Waals surface area contributed by atoms with Crippen molar-refractivity contribution in [2.24, 2.45) is 0 Å². The molecule has 0 aliphatic rings. The molecule has 0 spiro atoms. The minimum Gasteiger partial charge on any atom is -0.495 e. The molecule has 0 bridgehead atoms. The third kappa shape index (κ3) is 4.38. The second-order valence-corrected chi connectivity index (χ2v) is 6.55. The van der Waals surface area contributed by atoms with Crippen molar-refractivity contribution < 1.29 is 14.3 Å². The third-order valence-corrected chi connectivity index (χ3v) is 4.45. The summed E-state index contributed by atoms with van der Waals surface area (Å²) in [5, 5.41) is 2.93. The van der Waals surface area contributed by atoms with Crippen LogP contribution in [0.3, 0.4) is 0 Å². The molecular formula is C21H19ClN2O3. The molecule has 0 aliphatic heterocycles. The van der Waals surface area contributed by atoms with Gasteiger partial charge in [-0.2, -0.15) is 0 Å². The van der Waals surface area contributed by atoms with E-state index in [-0.39, 0.29) is 0 Å². The van der Waals surface area contributed by atoms with Crippen LogP contribution in [0.4, 0.5) is 5.69 Å². The van der Waals surface area contributed by atoms with Gasteiger partial charge in [-0.1, -0.05) is 41.4 Å². The van der Waals surface area contributed by atoms with Crippen LogP contribution in [0, 0.1) is 6.92 Å². The van der Waals surface area contributed by atoms with Gasteiger partial charge in [-0.05, 0) is 42.8 Å². The number of nitrogens with one attached hydrogen (secondary N) is 1. The zero-order valence-electron chi connectivity index (χ0n) is 15.0. The molecule has 1 aromatic heterocycles. The van der Waals surface area contributed by atoms with Gasteiger partial charge in [-0.3, -0.25) is 9.59 Å². The van der Waals surface area contributed by atoms with E-state index in [4.69, 9.17) is 16.3 Å². The van der Waals surface area contributed by atoms with Crippen molar-refractivity contribution in [3.63, 3.8) is 0 Å². The number of methoxy groups -OCH3 is 1. The highest BCUT2D eigenvalue weighted by atomic mass is 35.5. The molecule has 0 fully saturated rings. The van der Waals surface area contributed by atoms with Gasteiger partial charge in [-0.15, -0.1) is 0 Å². The predicted molar refractivity (Wildman–Crippen MR) is 106 cm³/mol. The highest BCUT2D eigenvalue weighted by molar-refractivity contribution is 6.46. The SMILES string of the molecule is COc1ccc(NC(=O)C(=O)c2cccn2Cc2ccc(C)cc2)cc1Cl. The molecule has 0 aliphatic carbocycles. The lowest BCUT2D eigenvalue weighted by Gasteiger charge is -2.10. The Morgan fingerprint density at radius 2 is 1.85 bits per heavy atom. The summed E-state index contributed by atoms with van der Waals surface area (Å²) >= 11 is 6.05. The van der Waals surface area contributed by atoms with Crippen molar-refractivity contribution in [2.45, 2.75) is 13.5 Å². The fraction of sp³-hybridized carbons (Fsp3) is 0.143. The summed E-state index contributed by atoms with van der Waals surface area (Å²) in [5.74, 6) is -0.841. The lowest BCUT2D eigenvalue weighted by atomic mass is 10.1. The van der Waals surface area contributed by atoms with E-state index in [9.17, 15) is 9.59 Å². The van der Waals surface area contributed by atoms with Crippen molar-refractivity contribution in [3.8, 4) is 5.75 Å². The van der Waals surface area contributed by atoms with Gasteiger partial charge in [-0.25, -0.2) is 0 Å². The quantitative estimate of drug-likeness (QED) is 0.510. The zero-order valence-corrected chi connectivity index (χ0v) is 15.8.